The first-order valence-corrected chi connectivity index (χ1v) is 5.47. The van der Waals surface area contributed by atoms with Crippen molar-refractivity contribution in [1.82, 2.24) is 0 Å². The molecule has 0 spiro atoms. The van der Waals surface area contributed by atoms with Gasteiger partial charge in [0, 0.05) is 6.61 Å². The Kier molecular flexibility index (Phi) is 7.41. The Bertz CT molecular complexity index is 165. The lowest BCUT2D eigenvalue weighted by Crippen LogP contribution is -2.04. The largest absolute Gasteiger partial charge is 0.503 e. The number of hydrogen-bond donors (Lipinski definition) is 1. The summed E-state index contributed by atoms with van der Waals surface area (Å²) in [5, 5.41) is 0. The minimum absolute atomic E-state index is 0.147. The molecule has 80 valence electrons. The molecule has 0 fully saturated rings. The molecule has 0 heterocycles. The molecule has 0 saturated carbocycles. The molecule has 0 aromatic heterocycles. The van der Waals surface area contributed by atoms with E-state index < -0.39 is 7.82 Å². The van der Waals surface area contributed by atoms with Crippen molar-refractivity contribution in [2.24, 2.45) is 0 Å². The van der Waals surface area contributed by atoms with E-state index in [0.29, 0.717) is 6.61 Å². The molecule has 7 heteroatoms. The molecule has 0 aromatic rings. The van der Waals surface area contributed by atoms with Crippen LogP contribution < -0.4 is 0 Å². The summed E-state index contributed by atoms with van der Waals surface area (Å²) in [6.07, 6.45) is 1.92. The van der Waals surface area contributed by atoms with Crippen LogP contribution in [0.1, 0.15) is 19.8 Å². The Hall–Kier alpha value is -0.0000000000000000555. The van der Waals surface area contributed by atoms with Crippen LogP contribution in [-0.4, -0.2) is 24.7 Å². The molecule has 0 aliphatic heterocycles. The SMILES string of the molecule is CCCCOCCOP(=O)(O)OF. The van der Waals surface area contributed by atoms with E-state index in [9.17, 15) is 9.09 Å². The first kappa shape index (κ1) is 13.0. The van der Waals surface area contributed by atoms with Gasteiger partial charge in [-0.3, -0.25) is 4.52 Å². The second kappa shape index (κ2) is 7.41. The van der Waals surface area contributed by atoms with Gasteiger partial charge in [-0.25, -0.2) is 4.57 Å². The minimum Gasteiger partial charge on any atom is -0.379 e. The summed E-state index contributed by atoms with van der Waals surface area (Å²) >= 11 is 0. The van der Waals surface area contributed by atoms with Crippen LogP contribution >= 0.6 is 7.82 Å². The fraction of sp³-hybridized carbons (Fsp3) is 1.00. The van der Waals surface area contributed by atoms with Crippen molar-refractivity contribution in [3.05, 3.63) is 0 Å². The number of phosphoric acid groups is 1. The van der Waals surface area contributed by atoms with E-state index in [1.165, 1.54) is 0 Å². The van der Waals surface area contributed by atoms with Crippen LogP contribution in [-0.2, 0) is 18.6 Å². The van der Waals surface area contributed by atoms with Gasteiger partial charge in [-0.2, -0.15) is 0 Å². The smallest absolute Gasteiger partial charge is 0.379 e. The molecule has 5 nitrogen and oxygen atoms in total. The van der Waals surface area contributed by atoms with E-state index in [1.807, 2.05) is 6.92 Å². The maximum atomic E-state index is 11.2. The Labute approximate surface area is 76.3 Å². The van der Waals surface area contributed by atoms with Crippen molar-refractivity contribution in [3.63, 3.8) is 0 Å². The molecule has 0 aromatic carbocycles. The quantitative estimate of drug-likeness (QED) is 0.495. The number of hydrogen-bond acceptors (Lipinski definition) is 4. The van der Waals surface area contributed by atoms with Crippen LogP contribution in [0.2, 0.25) is 0 Å². The predicted octanol–water partition coefficient (Wildman–Crippen LogP) is 1.82. The van der Waals surface area contributed by atoms with Gasteiger partial charge in [0.05, 0.1) is 13.2 Å². The average Bonchev–Trinajstić information content (AvgIpc) is 2.11. The van der Waals surface area contributed by atoms with Crippen molar-refractivity contribution < 1.29 is 28.0 Å². The average molecular weight is 216 g/mol. The van der Waals surface area contributed by atoms with E-state index in [0.717, 1.165) is 12.8 Å². The highest BCUT2D eigenvalue weighted by molar-refractivity contribution is 7.47. The molecule has 0 aliphatic rings. The molecule has 0 saturated heterocycles. The number of unbranched alkanes of at least 4 members (excludes halogenated alkanes) is 1. The van der Waals surface area contributed by atoms with Gasteiger partial charge < -0.3 is 9.63 Å². The van der Waals surface area contributed by atoms with Crippen molar-refractivity contribution in [2.75, 3.05) is 19.8 Å². The zero-order valence-corrected chi connectivity index (χ0v) is 8.34. The monoisotopic (exact) mass is 216 g/mol. The van der Waals surface area contributed by atoms with Gasteiger partial charge in [-0.1, -0.05) is 18.1 Å². The molecular weight excluding hydrogens is 202 g/mol. The molecule has 1 N–H and O–H groups in total. The zero-order valence-electron chi connectivity index (χ0n) is 7.44. The van der Waals surface area contributed by atoms with Crippen molar-refractivity contribution in [2.45, 2.75) is 19.8 Å². The lowest BCUT2D eigenvalue weighted by molar-refractivity contribution is -0.0516. The lowest BCUT2D eigenvalue weighted by atomic mass is 10.4. The second-order valence-corrected chi connectivity index (χ2v) is 3.67. The van der Waals surface area contributed by atoms with Gasteiger partial charge >= 0.3 is 7.82 Å². The Morgan fingerprint density at radius 3 is 2.62 bits per heavy atom. The van der Waals surface area contributed by atoms with E-state index in [2.05, 4.69) is 9.25 Å². The van der Waals surface area contributed by atoms with Crippen LogP contribution in [0.25, 0.3) is 0 Å². The van der Waals surface area contributed by atoms with Crippen LogP contribution in [0.5, 0.6) is 0 Å². The molecule has 1 unspecified atom stereocenters. The van der Waals surface area contributed by atoms with Crippen LogP contribution in [0.4, 0.5) is 4.53 Å². The Morgan fingerprint density at radius 1 is 1.38 bits per heavy atom. The topological polar surface area (TPSA) is 65.0 Å². The second-order valence-electron chi connectivity index (χ2n) is 2.34. The summed E-state index contributed by atoms with van der Waals surface area (Å²) in [6, 6.07) is 0. The Morgan fingerprint density at radius 2 is 2.08 bits per heavy atom. The van der Waals surface area contributed by atoms with Crippen LogP contribution in [0.15, 0.2) is 0 Å². The minimum atomic E-state index is -4.48. The molecule has 0 rings (SSSR count). The fourth-order valence-electron chi connectivity index (χ4n) is 0.580. The van der Waals surface area contributed by atoms with Gasteiger partial charge in [0.2, 0.25) is 0 Å². The summed E-state index contributed by atoms with van der Waals surface area (Å²) < 4.78 is 33.4. The molecule has 0 aliphatic carbocycles. The number of ether oxygens (including phenoxy) is 1. The number of phosphoric ester groups is 1. The number of rotatable bonds is 8. The standard InChI is InChI=1S/C6H14FO5P/c1-2-3-4-10-5-6-11-13(8,9)12-7/h2-6H2,1H3,(H,8,9). The third-order valence-electron chi connectivity index (χ3n) is 1.21. The van der Waals surface area contributed by atoms with E-state index >= 15 is 0 Å². The summed E-state index contributed by atoms with van der Waals surface area (Å²) in [4.78, 5) is 8.41. The zero-order chi connectivity index (χ0) is 10.2. The van der Waals surface area contributed by atoms with Crippen molar-refractivity contribution in [1.29, 1.82) is 0 Å². The molecule has 0 radical (unpaired) electrons. The molecule has 0 amide bonds. The maximum absolute atomic E-state index is 11.2. The van der Waals surface area contributed by atoms with Crippen molar-refractivity contribution >= 4 is 7.82 Å². The van der Waals surface area contributed by atoms with Gasteiger partial charge in [0.25, 0.3) is 0 Å². The van der Waals surface area contributed by atoms with Gasteiger partial charge in [0.1, 0.15) is 0 Å². The van der Waals surface area contributed by atoms with Crippen molar-refractivity contribution in [3.8, 4) is 0 Å². The fourth-order valence-corrected chi connectivity index (χ4v) is 0.925. The maximum Gasteiger partial charge on any atom is 0.503 e. The first-order valence-electron chi connectivity index (χ1n) is 3.98. The predicted molar refractivity (Wildman–Crippen MR) is 43.7 cm³/mol. The first-order chi connectivity index (χ1) is 6.12. The third kappa shape index (κ3) is 8.33. The van der Waals surface area contributed by atoms with Gasteiger partial charge in [-0.15, -0.1) is 0 Å². The highest BCUT2D eigenvalue weighted by Gasteiger charge is 2.21. The van der Waals surface area contributed by atoms with E-state index in [-0.39, 0.29) is 13.2 Å². The molecular formula is C6H14FO5P. The third-order valence-corrected chi connectivity index (χ3v) is 1.89. The van der Waals surface area contributed by atoms with Crippen LogP contribution in [0.3, 0.4) is 0 Å². The normalized spacial score (nSPS) is 15.6. The van der Waals surface area contributed by atoms with Gasteiger partial charge in [-0.05, 0) is 10.9 Å². The van der Waals surface area contributed by atoms with E-state index in [1.54, 1.807) is 0 Å². The summed E-state index contributed by atoms with van der Waals surface area (Å²) in [5.74, 6) is 0. The Balaban J connectivity index is 3.21. The molecule has 0 bridgehead atoms. The van der Waals surface area contributed by atoms with E-state index in [4.69, 9.17) is 9.63 Å². The molecule has 1 atom stereocenters. The van der Waals surface area contributed by atoms with Gasteiger partial charge in [0.15, 0.2) is 0 Å². The van der Waals surface area contributed by atoms with Crippen LogP contribution in [0, 0.1) is 0 Å². The molecule has 13 heavy (non-hydrogen) atoms. The summed E-state index contributed by atoms with van der Waals surface area (Å²) in [7, 11) is -4.48. The summed E-state index contributed by atoms with van der Waals surface area (Å²) in [5.41, 5.74) is 0. The summed E-state index contributed by atoms with van der Waals surface area (Å²) in [6.45, 7) is 2.56. The highest BCUT2D eigenvalue weighted by Crippen LogP contribution is 2.43. The lowest BCUT2D eigenvalue weighted by Gasteiger charge is -2.06. The highest BCUT2D eigenvalue weighted by atomic mass is 31.2. The number of halogens is 1.